The highest BCUT2D eigenvalue weighted by atomic mass is 32.1. The number of hydrogen-bond acceptors (Lipinski definition) is 5. The Balaban J connectivity index is 1.40. The molecule has 0 radical (unpaired) electrons. The highest BCUT2D eigenvalue weighted by Crippen LogP contribution is 2.41. The summed E-state index contributed by atoms with van der Waals surface area (Å²) in [7, 11) is 0. The van der Waals surface area contributed by atoms with Crippen molar-refractivity contribution in [3.05, 3.63) is 88.2 Å². The standard InChI is InChI=1S/C29H28N4OS/c1-18-27(35-19(2)31-18)23-13-14-25-26(16-23)33(17-24-8-5-15-30-28(24)32-25)29(34)22-11-9-20-6-3-4-7-21(20)10-12-22/h3-8,13-16,22H,9-12,17H2,1-2H3,(H,30,32). The minimum atomic E-state index is -0.00971. The minimum absolute atomic E-state index is 0.00971. The van der Waals surface area contributed by atoms with Gasteiger partial charge in [0.1, 0.15) is 5.82 Å². The Morgan fingerprint density at radius 1 is 1.00 bits per heavy atom. The first-order valence-electron chi connectivity index (χ1n) is 12.2. The third-order valence-electron chi connectivity index (χ3n) is 7.18. The zero-order valence-electron chi connectivity index (χ0n) is 20.0. The highest BCUT2D eigenvalue weighted by Gasteiger charge is 2.31. The van der Waals surface area contributed by atoms with E-state index < -0.39 is 0 Å². The van der Waals surface area contributed by atoms with Crippen molar-refractivity contribution in [3.63, 3.8) is 0 Å². The van der Waals surface area contributed by atoms with E-state index in [1.807, 2.05) is 17.9 Å². The second-order valence-corrected chi connectivity index (χ2v) is 10.7. The van der Waals surface area contributed by atoms with Crippen LogP contribution in [0.15, 0.2) is 60.8 Å². The van der Waals surface area contributed by atoms with Crippen LogP contribution < -0.4 is 10.2 Å². The fourth-order valence-electron chi connectivity index (χ4n) is 5.38. The molecule has 4 aromatic rings. The fourth-order valence-corrected chi connectivity index (χ4v) is 6.29. The van der Waals surface area contributed by atoms with Crippen LogP contribution in [0.2, 0.25) is 0 Å². The zero-order valence-corrected chi connectivity index (χ0v) is 20.9. The normalized spacial score (nSPS) is 15.3. The minimum Gasteiger partial charge on any atom is -0.338 e. The molecule has 0 spiro atoms. The molecule has 5 nitrogen and oxygen atoms in total. The zero-order chi connectivity index (χ0) is 23.9. The molecule has 1 aliphatic carbocycles. The van der Waals surface area contributed by atoms with E-state index in [1.165, 1.54) is 11.1 Å². The smallest absolute Gasteiger partial charge is 0.230 e. The molecule has 6 heteroatoms. The van der Waals surface area contributed by atoms with Gasteiger partial charge in [-0.3, -0.25) is 4.79 Å². The predicted octanol–water partition coefficient (Wildman–Crippen LogP) is 6.61. The summed E-state index contributed by atoms with van der Waals surface area (Å²) < 4.78 is 0. The molecule has 0 saturated carbocycles. The molecule has 0 unspecified atom stereocenters. The molecule has 0 bridgehead atoms. The van der Waals surface area contributed by atoms with Crippen molar-refractivity contribution >= 4 is 34.4 Å². The number of nitrogens with zero attached hydrogens (tertiary/aromatic N) is 3. The van der Waals surface area contributed by atoms with Crippen LogP contribution in [0, 0.1) is 19.8 Å². The first kappa shape index (κ1) is 22.0. The molecule has 1 N–H and O–H groups in total. The van der Waals surface area contributed by atoms with Crippen molar-refractivity contribution in [2.75, 3.05) is 10.2 Å². The molecule has 2 aliphatic rings. The molecule has 6 rings (SSSR count). The number of carbonyl (C=O) groups excluding carboxylic acids is 1. The van der Waals surface area contributed by atoms with E-state index in [9.17, 15) is 4.79 Å². The average molecular weight is 481 g/mol. The van der Waals surface area contributed by atoms with E-state index in [0.29, 0.717) is 6.54 Å². The molecular formula is C29H28N4OS. The largest absolute Gasteiger partial charge is 0.338 e. The van der Waals surface area contributed by atoms with Gasteiger partial charge in [0.25, 0.3) is 0 Å². The van der Waals surface area contributed by atoms with Crippen LogP contribution in [0.25, 0.3) is 10.4 Å². The number of carbonyl (C=O) groups is 1. The molecule has 176 valence electrons. The summed E-state index contributed by atoms with van der Waals surface area (Å²) in [6.45, 7) is 4.60. The van der Waals surface area contributed by atoms with Gasteiger partial charge >= 0.3 is 0 Å². The van der Waals surface area contributed by atoms with Crippen LogP contribution in [0.1, 0.15) is 40.2 Å². The molecule has 35 heavy (non-hydrogen) atoms. The number of fused-ring (bicyclic) bond motifs is 3. The number of amides is 1. The third-order valence-corrected chi connectivity index (χ3v) is 8.31. The summed E-state index contributed by atoms with van der Waals surface area (Å²) in [6.07, 6.45) is 5.44. The lowest BCUT2D eigenvalue weighted by molar-refractivity contribution is -0.122. The van der Waals surface area contributed by atoms with E-state index in [0.717, 1.165) is 69.6 Å². The number of hydrogen-bond donors (Lipinski definition) is 1. The summed E-state index contributed by atoms with van der Waals surface area (Å²) in [4.78, 5) is 26.5. The topological polar surface area (TPSA) is 58.1 Å². The van der Waals surface area contributed by atoms with Crippen LogP contribution >= 0.6 is 11.3 Å². The Kier molecular flexibility index (Phi) is 5.61. The maximum absolute atomic E-state index is 14.2. The number of aryl methyl sites for hydroxylation is 4. The second-order valence-electron chi connectivity index (χ2n) is 9.48. The number of pyridine rings is 1. The van der Waals surface area contributed by atoms with E-state index in [2.05, 4.69) is 70.7 Å². The number of anilines is 3. The van der Waals surface area contributed by atoms with E-state index in [4.69, 9.17) is 0 Å². The Morgan fingerprint density at radius 3 is 2.46 bits per heavy atom. The van der Waals surface area contributed by atoms with Gasteiger partial charge in [0.2, 0.25) is 5.91 Å². The summed E-state index contributed by atoms with van der Waals surface area (Å²) >= 11 is 1.70. The van der Waals surface area contributed by atoms with Crippen LogP contribution in [-0.2, 0) is 24.2 Å². The lowest BCUT2D eigenvalue weighted by Gasteiger charge is -2.27. The summed E-state index contributed by atoms with van der Waals surface area (Å²) in [5.41, 5.74) is 7.74. The molecule has 0 atom stereocenters. The van der Waals surface area contributed by atoms with E-state index in [1.54, 1.807) is 17.5 Å². The van der Waals surface area contributed by atoms with Crippen molar-refractivity contribution in [2.45, 2.75) is 46.1 Å². The van der Waals surface area contributed by atoms with Crippen molar-refractivity contribution in [2.24, 2.45) is 5.92 Å². The molecule has 1 aliphatic heterocycles. The van der Waals surface area contributed by atoms with Gasteiger partial charge < -0.3 is 10.2 Å². The van der Waals surface area contributed by atoms with Gasteiger partial charge in [-0.2, -0.15) is 0 Å². The lowest BCUT2D eigenvalue weighted by atomic mass is 9.97. The monoisotopic (exact) mass is 480 g/mol. The lowest BCUT2D eigenvalue weighted by Crippen LogP contribution is -2.36. The number of nitrogens with one attached hydrogen (secondary N) is 1. The first-order chi connectivity index (χ1) is 17.1. The number of aromatic nitrogens is 2. The summed E-state index contributed by atoms with van der Waals surface area (Å²) in [5.74, 6) is 1.01. The maximum Gasteiger partial charge on any atom is 0.230 e. The fraction of sp³-hybridized carbons (Fsp3) is 0.276. The van der Waals surface area contributed by atoms with Crippen LogP contribution in [0.5, 0.6) is 0 Å². The van der Waals surface area contributed by atoms with Gasteiger partial charge in [0, 0.05) is 17.7 Å². The maximum atomic E-state index is 14.2. The van der Waals surface area contributed by atoms with Gasteiger partial charge in [0.05, 0.1) is 33.5 Å². The summed E-state index contributed by atoms with van der Waals surface area (Å²) in [5, 5.41) is 4.55. The first-order valence-corrected chi connectivity index (χ1v) is 13.1. The molecule has 2 aromatic heterocycles. The average Bonchev–Trinajstić information content (AvgIpc) is 3.03. The Bertz CT molecular complexity index is 1400. The Hall–Kier alpha value is -3.51. The molecule has 1 amide bonds. The van der Waals surface area contributed by atoms with Gasteiger partial charge in [0.15, 0.2) is 0 Å². The van der Waals surface area contributed by atoms with Crippen molar-refractivity contribution in [1.29, 1.82) is 0 Å². The molecule has 3 heterocycles. The highest BCUT2D eigenvalue weighted by molar-refractivity contribution is 7.15. The number of thiazole rings is 1. The van der Waals surface area contributed by atoms with Gasteiger partial charge in [-0.05, 0) is 74.4 Å². The third kappa shape index (κ3) is 4.12. The van der Waals surface area contributed by atoms with Crippen molar-refractivity contribution in [1.82, 2.24) is 9.97 Å². The van der Waals surface area contributed by atoms with Crippen LogP contribution in [-0.4, -0.2) is 15.9 Å². The van der Waals surface area contributed by atoms with Crippen LogP contribution in [0.4, 0.5) is 17.2 Å². The van der Waals surface area contributed by atoms with Crippen LogP contribution in [0.3, 0.4) is 0 Å². The molecule has 0 saturated heterocycles. The number of benzene rings is 2. The molecular weight excluding hydrogens is 452 g/mol. The predicted molar refractivity (Wildman–Crippen MR) is 142 cm³/mol. The number of rotatable bonds is 2. The van der Waals surface area contributed by atoms with Gasteiger partial charge in [-0.1, -0.05) is 36.4 Å². The second kappa shape index (κ2) is 8.93. The van der Waals surface area contributed by atoms with E-state index >= 15 is 0 Å². The van der Waals surface area contributed by atoms with Gasteiger partial charge in [-0.15, -0.1) is 11.3 Å². The Labute approximate surface area is 209 Å². The van der Waals surface area contributed by atoms with Crippen molar-refractivity contribution in [3.8, 4) is 10.4 Å². The SMILES string of the molecule is Cc1nc(C)c(-c2ccc3c(c2)N(C(=O)C2CCc4ccccc4CC2)Cc2cccnc2N3)s1. The summed E-state index contributed by atoms with van der Waals surface area (Å²) in [6, 6.07) is 19.0. The molecule has 0 fully saturated rings. The Morgan fingerprint density at radius 2 is 1.74 bits per heavy atom. The molecule has 2 aromatic carbocycles. The van der Waals surface area contributed by atoms with E-state index in [-0.39, 0.29) is 11.8 Å². The quantitative estimate of drug-likeness (QED) is 0.328. The van der Waals surface area contributed by atoms with Gasteiger partial charge in [-0.25, -0.2) is 9.97 Å². The van der Waals surface area contributed by atoms with Crippen molar-refractivity contribution < 1.29 is 4.79 Å².